The highest BCUT2D eigenvalue weighted by atomic mass is 19.1. The van der Waals surface area contributed by atoms with Crippen LogP contribution < -0.4 is 10.3 Å². The van der Waals surface area contributed by atoms with E-state index in [1.54, 1.807) is 72.8 Å². The van der Waals surface area contributed by atoms with E-state index in [4.69, 9.17) is 4.74 Å². The number of hydrogen-bond donors (Lipinski definition) is 2. The third kappa shape index (κ3) is 4.54. The summed E-state index contributed by atoms with van der Waals surface area (Å²) in [5.74, 6) is -1.08. The number of nitrogens with one attached hydrogen (secondary N) is 1. The molecule has 32 heavy (non-hydrogen) atoms. The zero-order chi connectivity index (χ0) is 22.4. The minimum absolute atomic E-state index is 0.368. The minimum Gasteiger partial charge on any atom is -0.378 e. The summed E-state index contributed by atoms with van der Waals surface area (Å²) in [7, 11) is 0. The predicted octanol–water partition coefficient (Wildman–Crippen LogP) is 3.05. The van der Waals surface area contributed by atoms with Crippen LogP contribution >= 0.6 is 0 Å². The summed E-state index contributed by atoms with van der Waals surface area (Å²) in [6.07, 6.45) is 1.35. The number of halogens is 1. The van der Waals surface area contributed by atoms with E-state index in [2.05, 4.69) is 10.5 Å². The summed E-state index contributed by atoms with van der Waals surface area (Å²) < 4.78 is 19.9. The molecule has 0 radical (unpaired) electrons. The Morgan fingerprint density at radius 2 is 1.59 bits per heavy atom. The third-order valence-electron chi connectivity index (χ3n) is 5.41. The van der Waals surface area contributed by atoms with Gasteiger partial charge >= 0.3 is 0 Å². The van der Waals surface area contributed by atoms with Crippen molar-refractivity contribution in [2.45, 2.75) is 5.60 Å². The van der Waals surface area contributed by atoms with Crippen LogP contribution in [-0.2, 0) is 15.1 Å². The van der Waals surface area contributed by atoms with Gasteiger partial charge in [0.05, 0.1) is 25.1 Å². The van der Waals surface area contributed by atoms with Gasteiger partial charge in [0.15, 0.2) is 5.60 Å². The molecule has 2 N–H and O–H groups in total. The molecule has 7 heteroatoms. The maximum absolute atomic E-state index is 14.6. The van der Waals surface area contributed by atoms with E-state index >= 15 is 0 Å². The Kier molecular flexibility index (Phi) is 6.58. The second-order valence-corrected chi connectivity index (χ2v) is 7.45. The number of morpholine rings is 1. The van der Waals surface area contributed by atoms with E-state index in [9.17, 15) is 14.3 Å². The lowest BCUT2D eigenvalue weighted by atomic mass is 9.85. The molecule has 0 aromatic heterocycles. The highest BCUT2D eigenvalue weighted by Crippen LogP contribution is 2.30. The van der Waals surface area contributed by atoms with Crippen molar-refractivity contribution < 1.29 is 19.0 Å². The number of anilines is 1. The highest BCUT2D eigenvalue weighted by Gasteiger charge is 2.39. The van der Waals surface area contributed by atoms with Crippen molar-refractivity contribution in [3.63, 3.8) is 0 Å². The molecule has 1 saturated heterocycles. The lowest BCUT2D eigenvalue weighted by molar-refractivity contribution is -0.136. The van der Waals surface area contributed by atoms with Crippen LogP contribution in [0.4, 0.5) is 10.1 Å². The van der Waals surface area contributed by atoms with Crippen LogP contribution in [0, 0.1) is 5.82 Å². The Morgan fingerprint density at radius 1 is 1.00 bits per heavy atom. The average Bonchev–Trinajstić information content (AvgIpc) is 2.85. The number of nitrogens with zero attached hydrogens (tertiary/aromatic N) is 2. The first kappa shape index (κ1) is 21.7. The fraction of sp³-hybridized carbons (Fsp3) is 0.200. The molecule has 1 heterocycles. The molecule has 0 spiro atoms. The molecule has 0 atom stereocenters. The summed E-state index contributed by atoms with van der Waals surface area (Å²) in [5, 5.41) is 15.3. The summed E-state index contributed by atoms with van der Waals surface area (Å²) in [6.45, 7) is 2.41. The molecular formula is C25H24FN3O3. The van der Waals surface area contributed by atoms with Crippen molar-refractivity contribution >= 4 is 17.8 Å². The molecule has 0 saturated carbocycles. The van der Waals surface area contributed by atoms with E-state index in [0.29, 0.717) is 48.7 Å². The molecular weight excluding hydrogens is 409 g/mol. The van der Waals surface area contributed by atoms with Gasteiger partial charge in [-0.3, -0.25) is 4.79 Å². The topological polar surface area (TPSA) is 74.2 Å². The van der Waals surface area contributed by atoms with Gasteiger partial charge in [0, 0.05) is 13.1 Å². The molecule has 0 aliphatic carbocycles. The fourth-order valence-electron chi connectivity index (χ4n) is 3.70. The number of rotatable bonds is 6. The molecule has 1 aliphatic rings. The SMILES string of the molecule is O=C(N/N=C\c1ccc(N2CCOCC2)c(F)c1)C(O)(c1ccccc1)c1ccccc1. The monoisotopic (exact) mass is 433 g/mol. The Balaban J connectivity index is 1.52. The van der Waals surface area contributed by atoms with Crippen LogP contribution in [0.25, 0.3) is 0 Å². The first-order chi connectivity index (χ1) is 15.6. The smallest absolute Gasteiger partial charge is 0.281 e. The Hall–Kier alpha value is -3.55. The first-order valence-electron chi connectivity index (χ1n) is 10.4. The van der Waals surface area contributed by atoms with Crippen molar-refractivity contribution in [1.82, 2.24) is 5.43 Å². The van der Waals surface area contributed by atoms with Crippen molar-refractivity contribution in [3.8, 4) is 0 Å². The van der Waals surface area contributed by atoms with Crippen molar-refractivity contribution in [2.24, 2.45) is 5.10 Å². The maximum Gasteiger partial charge on any atom is 0.281 e. The fourth-order valence-corrected chi connectivity index (χ4v) is 3.70. The summed E-state index contributed by atoms with van der Waals surface area (Å²) in [6, 6.07) is 22.1. The van der Waals surface area contributed by atoms with Crippen LogP contribution in [0.15, 0.2) is 84.0 Å². The zero-order valence-corrected chi connectivity index (χ0v) is 17.4. The van der Waals surface area contributed by atoms with Crippen molar-refractivity contribution in [2.75, 3.05) is 31.2 Å². The molecule has 3 aromatic rings. The number of ether oxygens (including phenoxy) is 1. The summed E-state index contributed by atoms with van der Waals surface area (Å²) in [4.78, 5) is 14.9. The van der Waals surface area contributed by atoms with E-state index in [0.717, 1.165) is 0 Å². The number of amides is 1. The Labute approximate surface area is 186 Å². The normalized spacial score (nSPS) is 14.5. The molecule has 164 valence electrons. The zero-order valence-electron chi connectivity index (χ0n) is 17.4. The molecule has 1 amide bonds. The van der Waals surface area contributed by atoms with Crippen molar-refractivity contribution in [3.05, 3.63) is 101 Å². The first-order valence-corrected chi connectivity index (χ1v) is 10.4. The predicted molar refractivity (Wildman–Crippen MR) is 121 cm³/mol. The number of aliphatic hydroxyl groups is 1. The van der Waals surface area contributed by atoms with Gasteiger partial charge in [-0.1, -0.05) is 66.7 Å². The van der Waals surface area contributed by atoms with E-state index in [1.165, 1.54) is 12.3 Å². The second kappa shape index (κ2) is 9.72. The third-order valence-corrected chi connectivity index (χ3v) is 5.41. The van der Waals surface area contributed by atoms with Gasteiger partial charge in [-0.15, -0.1) is 0 Å². The Morgan fingerprint density at radius 3 is 2.16 bits per heavy atom. The molecule has 0 unspecified atom stereocenters. The Bertz CT molecular complexity index is 1040. The summed E-state index contributed by atoms with van der Waals surface area (Å²) >= 11 is 0. The van der Waals surface area contributed by atoms with Gasteiger partial charge in [0.2, 0.25) is 0 Å². The molecule has 6 nitrogen and oxygen atoms in total. The van der Waals surface area contributed by atoms with Gasteiger partial charge in [-0.2, -0.15) is 5.10 Å². The quantitative estimate of drug-likeness (QED) is 0.463. The van der Waals surface area contributed by atoms with Gasteiger partial charge in [0.25, 0.3) is 5.91 Å². The van der Waals surface area contributed by atoms with Crippen LogP contribution in [0.3, 0.4) is 0 Å². The molecule has 3 aromatic carbocycles. The van der Waals surface area contributed by atoms with Gasteiger partial charge in [-0.25, -0.2) is 9.82 Å². The van der Waals surface area contributed by atoms with Gasteiger partial charge < -0.3 is 14.7 Å². The number of carbonyl (C=O) groups excluding carboxylic acids is 1. The lowest BCUT2D eigenvalue weighted by Gasteiger charge is -2.29. The van der Waals surface area contributed by atoms with E-state index in [1.807, 2.05) is 4.90 Å². The molecule has 1 aliphatic heterocycles. The van der Waals surface area contributed by atoms with Crippen LogP contribution in [0.2, 0.25) is 0 Å². The van der Waals surface area contributed by atoms with Gasteiger partial charge in [-0.05, 0) is 28.8 Å². The second-order valence-electron chi connectivity index (χ2n) is 7.45. The number of hydrazone groups is 1. The summed E-state index contributed by atoms with van der Waals surface area (Å²) in [5.41, 5.74) is 2.30. The maximum atomic E-state index is 14.6. The molecule has 1 fully saturated rings. The van der Waals surface area contributed by atoms with Crippen LogP contribution in [0.1, 0.15) is 16.7 Å². The van der Waals surface area contributed by atoms with E-state index < -0.39 is 11.5 Å². The standard InChI is InChI=1S/C25H24FN3O3/c26-22-17-19(11-12-23(22)29-13-15-32-16-14-29)18-27-28-24(30)25(31,20-7-3-1-4-8-20)21-9-5-2-6-10-21/h1-12,17-18,31H,13-16H2,(H,28,30)/b27-18-. The number of hydrogen-bond acceptors (Lipinski definition) is 5. The van der Waals surface area contributed by atoms with E-state index in [-0.39, 0.29) is 5.82 Å². The highest BCUT2D eigenvalue weighted by molar-refractivity contribution is 5.91. The molecule has 4 rings (SSSR count). The van der Waals surface area contributed by atoms with Crippen LogP contribution in [-0.4, -0.2) is 43.5 Å². The number of carbonyl (C=O) groups is 1. The molecule has 0 bridgehead atoms. The number of benzene rings is 3. The van der Waals surface area contributed by atoms with Crippen molar-refractivity contribution in [1.29, 1.82) is 0 Å². The lowest BCUT2D eigenvalue weighted by Crippen LogP contribution is -2.43. The largest absolute Gasteiger partial charge is 0.378 e. The van der Waals surface area contributed by atoms with Gasteiger partial charge in [0.1, 0.15) is 5.82 Å². The minimum atomic E-state index is -1.93. The average molecular weight is 433 g/mol. The van der Waals surface area contributed by atoms with Crippen LogP contribution in [0.5, 0.6) is 0 Å².